The minimum absolute atomic E-state index is 0.0371. The minimum Gasteiger partial charge on any atom is -0.386 e. The number of aliphatic hydroxyl groups is 1. The number of rotatable bonds is 6. The van der Waals surface area contributed by atoms with Crippen molar-refractivity contribution in [3.63, 3.8) is 0 Å². The summed E-state index contributed by atoms with van der Waals surface area (Å²) in [6.45, 7) is 2.77. The maximum atomic E-state index is 11.6. The Morgan fingerprint density at radius 1 is 1.50 bits per heavy atom. The van der Waals surface area contributed by atoms with Gasteiger partial charge in [-0.05, 0) is 6.42 Å². The molecule has 1 aliphatic heterocycles. The highest BCUT2D eigenvalue weighted by atomic mass is 32.2. The molecule has 0 atom stereocenters. The van der Waals surface area contributed by atoms with Crippen LogP contribution in [0.15, 0.2) is 0 Å². The average molecular weight is 246 g/mol. The topological polar surface area (TPSA) is 83.6 Å². The zero-order chi connectivity index (χ0) is 12.2. The lowest BCUT2D eigenvalue weighted by molar-refractivity contribution is -0.155. The number of carbonyl (C=O) groups is 2. The van der Waals surface area contributed by atoms with Crippen LogP contribution in [0.2, 0.25) is 0 Å². The zero-order valence-corrected chi connectivity index (χ0v) is 10.3. The molecule has 92 valence electrons. The van der Waals surface area contributed by atoms with Gasteiger partial charge in [-0.25, -0.2) is 0 Å². The maximum Gasteiger partial charge on any atom is 0.227 e. The second-order valence-electron chi connectivity index (χ2n) is 4.10. The molecule has 0 radical (unpaired) electrons. The average Bonchev–Trinajstić information content (AvgIpc) is 2.19. The Bertz CT molecular complexity index is 277. The normalized spacial score (nSPS) is 18.0. The number of nitrogens with zero attached hydrogens (tertiary/aromatic N) is 1. The molecule has 0 aromatic heterocycles. The number of nitrogens with two attached hydrogens (primary N) is 1. The number of amides is 2. The number of thioether (sulfide) groups is 1. The second kappa shape index (κ2) is 5.54. The van der Waals surface area contributed by atoms with E-state index in [1.54, 1.807) is 4.90 Å². The Hall–Kier alpha value is -0.750. The molecular weight excluding hydrogens is 228 g/mol. The quantitative estimate of drug-likeness (QED) is 0.623. The Balaban J connectivity index is 2.11. The third-order valence-corrected chi connectivity index (χ3v) is 3.67. The van der Waals surface area contributed by atoms with Crippen LogP contribution in [0.25, 0.3) is 0 Å². The number of primary amides is 1. The molecule has 0 saturated carbocycles. The lowest BCUT2D eigenvalue weighted by Gasteiger charge is -2.46. The molecule has 0 aliphatic carbocycles. The first-order valence-corrected chi connectivity index (χ1v) is 6.48. The Morgan fingerprint density at radius 3 is 2.62 bits per heavy atom. The van der Waals surface area contributed by atoms with E-state index in [-0.39, 0.29) is 17.6 Å². The first-order valence-electron chi connectivity index (χ1n) is 5.33. The van der Waals surface area contributed by atoms with Gasteiger partial charge in [0.1, 0.15) is 0 Å². The van der Waals surface area contributed by atoms with Crippen molar-refractivity contribution in [1.82, 2.24) is 4.90 Å². The van der Waals surface area contributed by atoms with Crippen LogP contribution in [0.4, 0.5) is 0 Å². The molecule has 3 N–H and O–H groups in total. The molecule has 0 spiro atoms. The molecule has 1 heterocycles. The predicted octanol–water partition coefficient (Wildman–Crippen LogP) is -0.422. The van der Waals surface area contributed by atoms with Crippen molar-refractivity contribution in [2.45, 2.75) is 25.4 Å². The molecule has 16 heavy (non-hydrogen) atoms. The van der Waals surface area contributed by atoms with Crippen molar-refractivity contribution >= 4 is 23.6 Å². The van der Waals surface area contributed by atoms with Crippen molar-refractivity contribution in [3.8, 4) is 0 Å². The third-order valence-electron chi connectivity index (χ3n) is 2.69. The molecule has 1 saturated heterocycles. The van der Waals surface area contributed by atoms with E-state index in [9.17, 15) is 14.7 Å². The molecule has 2 amide bonds. The number of carbonyl (C=O) groups excluding carboxylic acids is 2. The van der Waals surface area contributed by atoms with Gasteiger partial charge in [0, 0.05) is 12.2 Å². The van der Waals surface area contributed by atoms with Gasteiger partial charge in [-0.3, -0.25) is 9.59 Å². The number of hydrogen-bond acceptors (Lipinski definition) is 4. The Labute approximate surface area is 99.4 Å². The van der Waals surface area contributed by atoms with E-state index >= 15 is 0 Å². The molecule has 5 nitrogen and oxygen atoms in total. The highest BCUT2D eigenvalue weighted by molar-refractivity contribution is 7.99. The number of likely N-dealkylation sites (tertiary alicyclic amines) is 1. The van der Waals surface area contributed by atoms with E-state index in [1.807, 2.05) is 6.92 Å². The third kappa shape index (κ3) is 3.68. The highest BCUT2D eigenvalue weighted by Crippen LogP contribution is 2.24. The molecule has 1 rings (SSSR count). The van der Waals surface area contributed by atoms with Crippen molar-refractivity contribution in [1.29, 1.82) is 0 Å². The van der Waals surface area contributed by atoms with Crippen molar-refractivity contribution < 1.29 is 14.7 Å². The fourth-order valence-corrected chi connectivity index (χ4v) is 2.22. The van der Waals surface area contributed by atoms with Crippen LogP contribution in [0.3, 0.4) is 0 Å². The summed E-state index contributed by atoms with van der Waals surface area (Å²) in [4.78, 5) is 23.6. The SMILES string of the molecule is CCC1(O)CN(C(=O)CCSCC(N)=O)C1. The lowest BCUT2D eigenvalue weighted by atomic mass is 9.91. The van der Waals surface area contributed by atoms with Gasteiger partial charge in [-0.1, -0.05) is 6.92 Å². The summed E-state index contributed by atoms with van der Waals surface area (Å²) in [6, 6.07) is 0. The van der Waals surface area contributed by atoms with Crippen molar-refractivity contribution in [2.75, 3.05) is 24.6 Å². The van der Waals surface area contributed by atoms with Crippen LogP contribution >= 0.6 is 11.8 Å². The summed E-state index contributed by atoms with van der Waals surface area (Å²) >= 11 is 1.36. The smallest absolute Gasteiger partial charge is 0.227 e. The maximum absolute atomic E-state index is 11.6. The van der Waals surface area contributed by atoms with Gasteiger partial charge in [0.05, 0.1) is 24.4 Å². The first-order chi connectivity index (χ1) is 7.47. The fraction of sp³-hybridized carbons (Fsp3) is 0.800. The summed E-state index contributed by atoms with van der Waals surface area (Å²) in [5, 5.41) is 9.72. The van der Waals surface area contributed by atoms with Gasteiger partial charge in [-0.2, -0.15) is 11.8 Å². The second-order valence-corrected chi connectivity index (χ2v) is 5.20. The van der Waals surface area contributed by atoms with Crippen LogP contribution in [0.5, 0.6) is 0 Å². The van der Waals surface area contributed by atoms with Gasteiger partial charge in [-0.15, -0.1) is 0 Å². The summed E-state index contributed by atoms with van der Waals surface area (Å²) in [5.41, 5.74) is 4.30. The molecule has 0 aromatic rings. The van der Waals surface area contributed by atoms with Crippen LogP contribution in [0.1, 0.15) is 19.8 Å². The van der Waals surface area contributed by atoms with Crippen molar-refractivity contribution in [3.05, 3.63) is 0 Å². The van der Waals surface area contributed by atoms with E-state index < -0.39 is 5.60 Å². The van der Waals surface area contributed by atoms with Crippen LogP contribution in [0, 0.1) is 0 Å². The number of β-amino-alcohol motifs (C(OH)–C–C–N with tert-alkyl or cyclic N) is 1. The summed E-state index contributed by atoms with van der Waals surface area (Å²) in [5.74, 6) is 0.534. The predicted molar refractivity (Wildman–Crippen MR) is 63.0 cm³/mol. The van der Waals surface area contributed by atoms with Gasteiger partial charge in [0.2, 0.25) is 11.8 Å². The Kier molecular flexibility index (Phi) is 4.61. The summed E-state index contributed by atoms with van der Waals surface area (Å²) in [6.07, 6.45) is 1.07. The summed E-state index contributed by atoms with van der Waals surface area (Å²) in [7, 11) is 0. The van der Waals surface area contributed by atoms with E-state index in [2.05, 4.69) is 0 Å². The van der Waals surface area contributed by atoms with E-state index in [1.165, 1.54) is 11.8 Å². The van der Waals surface area contributed by atoms with Crippen molar-refractivity contribution in [2.24, 2.45) is 5.73 Å². The van der Waals surface area contributed by atoms with Gasteiger partial charge in [0.25, 0.3) is 0 Å². The highest BCUT2D eigenvalue weighted by Gasteiger charge is 2.41. The Morgan fingerprint density at radius 2 is 2.12 bits per heavy atom. The van der Waals surface area contributed by atoms with Gasteiger partial charge in [0.15, 0.2) is 0 Å². The molecule has 0 aromatic carbocycles. The fourth-order valence-electron chi connectivity index (χ4n) is 1.55. The van der Waals surface area contributed by atoms with Gasteiger partial charge < -0.3 is 15.7 Å². The molecule has 0 unspecified atom stereocenters. The molecular formula is C10H18N2O3S. The lowest BCUT2D eigenvalue weighted by Crippen LogP contribution is -2.63. The monoisotopic (exact) mass is 246 g/mol. The minimum atomic E-state index is -0.671. The number of hydrogen-bond donors (Lipinski definition) is 2. The van der Waals surface area contributed by atoms with Crippen LogP contribution < -0.4 is 5.73 Å². The zero-order valence-electron chi connectivity index (χ0n) is 9.44. The van der Waals surface area contributed by atoms with E-state index in [4.69, 9.17) is 5.73 Å². The van der Waals surface area contributed by atoms with Crippen LogP contribution in [-0.4, -0.2) is 52.0 Å². The first kappa shape index (κ1) is 13.3. The van der Waals surface area contributed by atoms with E-state index in [0.717, 1.165) is 0 Å². The summed E-state index contributed by atoms with van der Waals surface area (Å²) < 4.78 is 0. The molecule has 1 fully saturated rings. The molecule has 6 heteroatoms. The van der Waals surface area contributed by atoms with E-state index in [0.29, 0.717) is 31.7 Å². The molecule has 0 bridgehead atoms. The largest absolute Gasteiger partial charge is 0.386 e. The van der Waals surface area contributed by atoms with Gasteiger partial charge >= 0.3 is 0 Å². The molecule has 1 aliphatic rings. The standard InChI is InChI=1S/C10H18N2O3S/c1-2-10(15)6-12(7-10)9(14)3-4-16-5-8(11)13/h15H,2-7H2,1H3,(H2,11,13). The van der Waals surface area contributed by atoms with Crippen LogP contribution in [-0.2, 0) is 9.59 Å².